The van der Waals surface area contributed by atoms with Gasteiger partial charge in [-0.15, -0.1) is 0 Å². The van der Waals surface area contributed by atoms with E-state index in [1.54, 1.807) is 7.11 Å². The molecule has 4 heteroatoms. The molecular formula is C13H28N2O2. The summed E-state index contributed by atoms with van der Waals surface area (Å²) in [5, 5.41) is 3.48. The van der Waals surface area contributed by atoms with Crippen LogP contribution in [0.1, 0.15) is 19.3 Å². The molecule has 17 heavy (non-hydrogen) atoms. The van der Waals surface area contributed by atoms with Gasteiger partial charge in [0.25, 0.3) is 0 Å². The highest BCUT2D eigenvalue weighted by Gasteiger charge is 2.16. The Morgan fingerprint density at radius 3 is 2.94 bits per heavy atom. The number of methoxy groups -OCH3 is 1. The summed E-state index contributed by atoms with van der Waals surface area (Å²) in [6.45, 7) is 7.01. The minimum atomic E-state index is 0.793. The second kappa shape index (κ2) is 9.83. The lowest BCUT2D eigenvalue weighted by molar-refractivity contribution is 0.103. The van der Waals surface area contributed by atoms with Gasteiger partial charge in [0.2, 0.25) is 0 Å². The predicted molar refractivity (Wildman–Crippen MR) is 70.4 cm³/mol. The fraction of sp³-hybridized carbons (Fsp3) is 1.00. The Bertz CT molecular complexity index is 179. The molecule has 1 N–H and O–H groups in total. The van der Waals surface area contributed by atoms with Crippen LogP contribution in [0.15, 0.2) is 0 Å². The maximum atomic E-state index is 5.49. The molecule has 1 heterocycles. The number of nitrogens with one attached hydrogen (secondary N) is 1. The largest absolute Gasteiger partial charge is 0.385 e. The van der Waals surface area contributed by atoms with Gasteiger partial charge < -0.3 is 19.7 Å². The van der Waals surface area contributed by atoms with Crippen LogP contribution in [0.2, 0.25) is 0 Å². The number of hydrogen-bond acceptors (Lipinski definition) is 4. The second-order valence-electron chi connectivity index (χ2n) is 4.93. The molecule has 1 saturated heterocycles. The summed E-state index contributed by atoms with van der Waals surface area (Å²) in [6, 6.07) is 0. The lowest BCUT2D eigenvalue weighted by Gasteiger charge is -2.29. The molecule has 1 atom stereocenters. The van der Waals surface area contributed by atoms with E-state index in [1.807, 2.05) is 0 Å². The molecule has 102 valence electrons. The standard InChI is InChI=1S/C13H28N2O2/c1-15-7-3-5-13(12-15)11-14-6-10-17-9-4-8-16-2/h13-14H,3-12H2,1-2H3. The number of likely N-dealkylation sites (tertiary alicyclic amines) is 1. The summed E-state index contributed by atoms with van der Waals surface area (Å²) in [6.07, 6.45) is 3.70. The molecule has 0 bridgehead atoms. The van der Waals surface area contributed by atoms with Gasteiger partial charge in [-0.1, -0.05) is 0 Å². The van der Waals surface area contributed by atoms with Crippen LogP contribution < -0.4 is 5.32 Å². The van der Waals surface area contributed by atoms with Crippen molar-refractivity contribution >= 4 is 0 Å². The zero-order chi connectivity index (χ0) is 12.3. The third-order valence-electron chi connectivity index (χ3n) is 3.22. The van der Waals surface area contributed by atoms with Gasteiger partial charge in [0.05, 0.1) is 6.61 Å². The Hall–Kier alpha value is -0.160. The molecule has 0 amide bonds. The molecule has 1 aliphatic rings. The highest BCUT2D eigenvalue weighted by molar-refractivity contribution is 4.72. The monoisotopic (exact) mass is 244 g/mol. The molecule has 0 spiro atoms. The molecule has 1 unspecified atom stereocenters. The van der Waals surface area contributed by atoms with Crippen LogP contribution in [0.3, 0.4) is 0 Å². The third kappa shape index (κ3) is 7.71. The molecule has 1 fully saturated rings. The van der Waals surface area contributed by atoms with Crippen LogP contribution in [0.4, 0.5) is 0 Å². The van der Waals surface area contributed by atoms with Crippen molar-refractivity contribution in [3.05, 3.63) is 0 Å². The Morgan fingerprint density at radius 2 is 2.18 bits per heavy atom. The molecule has 4 nitrogen and oxygen atoms in total. The van der Waals surface area contributed by atoms with Gasteiger partial charge in [-0.2, -0.15) is 0 Å². The first kappa shape index (κ1) is 14.9. The first-order valence-corrected chi connectivity index (χ1v) is 6.79. The lowest BCUT2D eigenvalue weighted by atomic mass is 9.98. The number of piperidine rings is 1. The molecule has 0 radical (unpaired) electrons. The molecule has 1 aliphatic heterocycles. The van der Waals surface area contributed by atoms with Gasteiger partial charge in [0.15, 0.2) is 0 Å². The third-order valence-corrected chi connectivity index (χ3v) is 3.22. The molecule has 0 aromatic heterocycles. The Kier molecular flexibility index (Phi) is 8.61. The molecule has 0 saturated carbocycles. The smallest absolute Gasteiger partial charge is 0.0590 e. The first-order chi connectivity index (χ1) is 8.33. The summed E-state index contributed by atoms with van der Waals surface area (Å²) < 4.78 is 10.5. The van der Waals surface area contributed by atoms with Crippen LogP contribution in [0, 0.1) is 5.92 Å². The van der Waals surface area contributed by atoms with Gasteiger partial charge in [-0.3, -0.25) is 0 Å². The fourth-order valence-corrected chi connectivity index (χ4v) is 2.30. The van der Waals surface area contributed by atoms with Crippen molar-refractivity contribution in [1.29, 1.82) is 0 Å². The molecule has 0 aromatic carbocycles. The maximum absolute atomic E-state index is 5.49. The van der Waals surface area contributed by atoms with Gasteiger partial charge in [-0.25, -0.2) is 0 Å². The fourth-order valence-electron chi connectivity index (χ4n) is 2.30. The number of nitrogens with zero attached hydrogens (tertiary/aromatic N) is 1. The average Bonchev–Trinajstić information content (AvgIpc) is 2.33. The quantitative estimate of drug-likeness (QED) is 0.613. The van der Waals surface area contributed by atoms with E-state index in [0.29, 0.717) is 0 Å². The summed E-state index contributed by atoms with van der Waals surface area (Å²) in [4.78, 5) is 2.43. The number of ether oxygens (including phenoxy) is 2. The number of rotatable bonds is 9. The zero-order valence-corrected chi connectivity index (χ0v) is 11.4. The van der Waals surface area contributed by atoms with Crippen LogP contribution >= 0.6 is 0 Å². The summed E-state index contributed by atoms with van der Waals surface area (Å²) >= 11 is 0. The van der Waals surface area contributed by atoms with Crippen molar-refractivity contribution in [3.63, 3.8) is 0 Å². The van der Waals surface area contributed by atoms with E-state index in [1.165, 1.54) is 25.9 Å². The average molecular weight is 244 g/mol. The van der Waals surface area contributed by atoms with E-state index in [-0.39, 0.29) is 0 Å². The Morgan fingerprint density at radius 1 is 1.29 bits per heavy atom. The van der Waals surface area contributed by atoms with Crippen molar-refractivity contribution in [2.75, 3.05) is 60.2 Å². The predicted octanol–water partition coefficient (Wildman–Crippen LogP) is 0.971. The van der Waals surface area contributed by atoms with Crippen molar-refractivity contribution < 1.29 is 9.47 Å². The van der Waals surface area contributed by atoms with Crippen molar-refractivity contribution in [1.82, 2.24) is 10.2 Å². The van der Waals surface area contributed by atoms with E-state index >= 15 is 0 Å². The van der Waals surface area contributed by atoms with E-state index in [2.05, 4.69) is 17.3 Å². The minimum Gasteiger partial charge on any atom is -0.385 e. The van der Waals surface area contributed by atoms with Gasteiger partial charge >= 0.3 is 0 Å². The Balaban J connectivity index is 1.83. The molecular weight excluding hydrogens is 216 g/mol. The topological polar surface area (TPSA) is 33.7 Å². The van der Waals surface area contributed by atoms with Crippen LogP contribution in [0.25, 0.3) is 0 Å². The van der Waals surface area contributed by atoms with Gasteiger partial charge in [0, 0.05) is 33.4 Å². The normalized spacial score (nSPS) is 21.9. The highest BCUT2D eigenvalue weighted by Crippen LogP contribution is 2.13. The van der Waals surface area contributed by atoms with Gasteiger partial charge in [0.1, 0.15) is 0 Å². The van der Waals surface area contributed by atoms with Crippen molar-refractivity contribution in [2.24, 2.45) is 5.92 Å². The zero-order valence-electron chi connectivity index (χ0n) is 11.4. The van der Waals surface area contributed by atoms with Crippen molar-refractivity contribution in [2.45, 2.75) is 19.3 Å². The molecule has 0 aliphatic carbocycles. The van der Waals surface area contributed by atoms with Crippen LogP contribution in [-0.4, -0.2) is 65.1 Å². The molecule has 1 rings (SSSR count). The van der Waals surface area contributed by atoms with Gasteiger partial charge in [-0.05, 0) is 45.3 Å². The van der Waals surface area contributed by atoms with E-state index in [4.69, 9.17) is 9.47 Å². The Labute approximate surface area is 106 Å². The van der Waals surface area contributed by atoms with E-state index < -0.39 is 0 Å². The molecule has 0 aromatic rings. The maximum Gasteiger partial charge on any atom is 0.0590 e. The van der Waals surface area contributed by atoms with Crippen LogP contribution in [-0.2, 0) is 9.47 Å². The SMILES string of the molecule is COCCCOCCNCC1CCCN(C)C1. The highest BCUT2D eigenvalue weighted by atomic mass is 16.5. The summed E-state index contributed by atoms with van der Waals surface area (Å²) in [7, 11) is 3.94. The van der Waals surface area contributed by atoms with Crippen molar-refractivity contribution in [3.8, 4) is 0 Å². The lowest BCUT2D eigenvalue weighted by Crippen LogP contribution is -2.38. The van der Waals surface area contributed by atoms with Crippen LogP contribution in [0.5, 0.6) is 0 Å². The first-order valence-electron chi connectivity index (χ1n) is 6.79. The van der Waals surface area contributed by atoms with E-state index in [9.17, 15) is 0 Å². The van der Waals surface area contributed by atoms with E-state index in [0.717, 1.165) is 45.2 Å². The summed E-state index contributed by atoms with van der Waals surface area (Å²) in [5.74, 6) is 0.822. The number of hydrogen-bond donors (Lipinski definition) is 1. The summed E-state index contributed by atoms with van der Waals surface area (Å²) in [5.41, 5.74) is 0. The minimum absolute atomic E-state index is 0.793. The second-order valence-corrected chi connectivity index (χ2v) is 4.93.